The number of halogens is 1. The third-order valence-corrected chi connectivity index (χ3v) is 4.56. The number of phenolic OH excluding ortho intramolecular Hbond substituents is 1. The van der Waals surface area contributed by atoms with E-state index in [1.807, 2.05) is 24.3 Å². The van der Waals surface area contributed by atoms with Gasteiger partial charge in [0, 0.05) is 11.1 Å². The van der Waals surface area contributed by atoms with Crippen molar-refractivity contribution in [3.63, 3.8) is 0 Å². The Morgan fingerprint density at radius 2 is 2.11 bits per heavy atom. The quantitative estimate of drug-likeness (QED) is 0.769. The minimum atomic E-state index is 0.326. The van der Waals surface area contributed by atoms with Crippen LogP contribution in [0.3, 0.4) is 0 Å². The second-order valence-corrected chi connectivity index (χ2v) is 5.70. The summed E-state index contributed by atoms with van der Waals surface area (Å²) in [5.74, 6) is 0.349. The smallest absolute Gasteiger partial charge is 0.116 e. The maximum atomic E-state index is 9.95. The van der Waals surface area contributed by atoms with E-state index in [0.29, 0.717) is 11.8 Å². The van der Waals surface area contributed by atoms with Gasteiger partial charge in [-0.2, -0.15) is 0 Å². The third-order valence-electron chi connectivity index (χ3n) is 4.20. The summed E-state index contributed by atoms with van der Waals surface area (Å²) in [4.78, 5) is 0. The topological polar surface area (TPSA) is 32.3 Å². The monoisotopic (exact) mass is 271 g/mol. The van der Waals surface area contributed by atoms with Gasteiger partial charge in [-0.3, -0.25) is 0 Å². The predicted molar refractivity (Wildman–Crippen MR) is 76.7 cm³/mol. The van der Waals surface area contributed by atoms with Crippen LogP contribution in [-0.4, -0.2) is 11.7 Å². The highest BCUT2D eigenvalue weighted by Gasteiger charge is 2.30. The van der Waals surface area contributed by atoms with Gasteiger partial charge < -0.3 is 10.4 Å². The van der Waals surface area contributed by atoms with Crippen LogP contribution >= 0.6 is 11.6 Å². The first kappa shape index (κ1) is 11.3. The summed E-state index contributed by atoms with van der Waals surface area (Å²) in [7, 11) is 0. The summed E-state index contributed by atoms with van der Waals surface area (Å²) in [5, 5.41) is 14.3. The van der Waals surface area contributed by atoms with Crippen LogP contribution in [0.15, 0.2) is 30.3 Å². The van der Waals surface area contributed by atoms with E-state index in [1.165, 1.54) is 22.3 Å². The molecule has 96 valence electrons. The zero-order chi connectivity index (χ0) is 13.0. The molecule has 2 nitrogen and oxygen atoms in total. The molecule has 2 aromatic rings. The maximum absolute atomic E-state index is 9.95. The van der Waals surface area contributed by atoms with Crippen molar-refractivity contribution in [1.82, 2.24) is 5.32 Å². The largest absolute Gasteiger partial charge is 0.508 e. The number of benzene rings is 2. The molecule has 0 saturated heterocycles. The second-order valence-electron chi connectivity index (χ2n) is 5.29. The molecule has 0 aromatic heterocycles. The van der Waals surface area contributed by atoms with Crippen molar-refractivity contribution in [3.05, 3.63) is 52.0 Å². The Labute approximate surface area is 117 Å². The Balaban J connectivity index is 2.07. The molecule has 0 amide bonds. The standard InChI is InChI=1S/C16H14ClNO/c17-14-3-1-2-11-12(14)8-15-16-9(4-5-18-15)6-10(19)7-13(11)16/h1-3,6-7,15,18-19H,4-5,8H2. The van der Waals surface area contributed by atoms with Crippen LogP contribution in [0.2, 0.25) is 5.02 Å². The van der Waals surface area contributed by atoms with Crippen LogP contribution in [-0.2, 0) is 12.8 Å². The van der Waals surface area contributed by atoms with Gasteiger partial charge in [0.1, 0.15) is 5.75 Å². The molecule has 19 heavy (non-hydrogen) atoms. The minimum Gasteiger partial charge on any atom is -0.508 e. The lowest BCUT2D eigenvalue weighted by atomic mass is 9.78. The highest BCUT2D eigenvalue weighted by molar-refractivity contribution is 6.31. The van der Waals surface area contributed by atoms with Crippen LogP contribution in [0.5, 0.6) is 5.75 Å². The molecule has 0 fully saturated rings. The van der Waals surface area contributed by atoms with E-state index < -0.39 is 0 Å². The van der Waals surface area contributed by atoms with E-state index in [0.717, 1.165) is 30.0 Å². The lowest BCUT2D eigenvalue weighted by Gasteiger charge is -2.34. The van der Waals surface area contributed by atoms with Gasteiger partial charge in [0.25, 0.3) is 0 Å². The van der Waals surface area contributed by atoms with Crippen LogP contribution in [0.25, 0.3) is 11.1 Å². The molecule has 2 aliphatic rings. The van der Waals surface area contributed by atoms with Gasteiger partial charge in [-0.25, -0.2) is 0 Å². The Kier molecular flexibility index (Phi) is 2.38. The van der Waals surface area contributed by atoms with Gasteiger partial charge in [-0.1, -0.05) is 23.7 Å². The fourth-order valence-corrected chi connectivity index (χ4v) is 3.67. The summed E-state index contributed by atoms with van der Waals surface area (Å²) in [6.45, 7) is 0.959. The molecular weight excluding hydrogens is 258 g/mol. The summed E-state index contributed by atoms with van der Waals surface area (Å²) in [6.07, 6.45) is 1.91. The number of hydrogen-bond acceptors (Lipinski definition) is 2. The van der Waals surface area contributed by atoms with Gasteiger partial charge in [-0.05, 0) is 65.4 Å². The summed E-state index contributed by atoms with van der Waals surface area (Å²) >= 11 is 6.34. The lowest BCUT2D eigenvalue weighted by Crippen LogP contribution is -2.33. The maximum Gasteiger partial charge on any atom is 0.116 e. The normalized spacial score (nSPS) is 19.7. The fraction of sp³-hybridized carbons (Fsp3) is 0.250. The molecule has 2 N–H and O–H groups in total. The molecular formula is C16H14ClNO. The number of nitrogens with one attached hydrogen (secondary N) is 1. The SMILES string of the molecule is Oc1cc2c3c(c1)-c1cccc(Cl)c1CC3NCC2. The van der Waals surface area contributed by atoms with E-state index in [1.54, 1.807) is 0 Å². The van der Waals surface area contributed by atoms with Crippen molar-refractivity contribution in [2.24, 2.45) is 0 Å². The van der Waals surface area contributed by atoms with Crippen molar-refractivity contribution in [3.8, 4) is 16.9 Å². The van der Waals surface area contributed by atoms with Crippen LogP contribution in [0.1, 0.15) is 22.7 Å². The van der Waals surface area contributed by atoms with E-state index in [9.17, 15) is 5.11 Å². The van der Waals surface area contributed by atoms with Crippen LogP contribution in [0.4, 0.5) is 0 Å². The van der Waals surface area contributed by atoms with Gasteiger partial charge in [0.05, 0.1) is 0 Å². The lowest BCUT2D eigenvalue weighted by molar-refractivity contribution is 0.466. The molecule has 1 unspecified atom stereocenters. The summed E-state index contributed by atoms with van der Waals surface area (Å²) in [6, 6.07) is 10.1. The molecule has 0 radical (unpaired) electrons. The second kappa shape index (κ2) is 3.99. The minimum absolute atomic E-state index is 0.326. The zero-order valence-electron chi connectivity index (χ0n) is 10.4. The van der Waals surface area contributed by atoms with E-state index >= 15 is 0 Å². The molecule has 1 heterocycles. The Morgan fingerprint density at radius 3 is 3.00 bits per heavy atom. The fourth-order valence-electron chi connectivity index (χ4n) is 3.42. The van der Waals surface area contributed by atoms with E-state index in [2.05, 4.69) is 11.4 Å². The molecule has 2 aromatic carbocycles. The van der Waals surface area contributed by atoms with Crippen molar-refractivity contribution in [2.75, 3.05) is 6.54 Å². The molecule has 0 spiro atoms. The first-order chi connectivity index (χ1) is 9.24. The Bertz CT molecular complexity index is 681. The molecule has 1 aliphatic carbocycles. The van der Waals surface area contributed by atoms with Crippen molar-refractivity contribution in [1.29, 1.82) is 0 Å². The van der Waals surface area contributed by atoms with E-state index in [-0.39, 0.29) is 0 Å². The number of hydrogen-bond donors (Lipinski definition) is 2. The highest BCUT2D eigenvalue weighted by atomic mass is 35.5. The first-order valence-corrected chi connectivity index (χ1v) is 6.99. The van der Waals surface area contributed by atoms with Gasteiger partial charge >= 0.3 is 0 Å². The van der Waals surface area contributed by atoms with Crippen LogP contribution < -0.4 is 5.32 Å². The van der Waals surface area contributed by atoms with E-state index in [4.69, 9.17) is 11.6 Å². The number of phenols is 1. The average molecular weight is 272 g/mol. The molecule has 0 bridgehead atoms. The van der Waals surface area contributed by atoms with Gasteiger partial charge in [0.2, 0.25) is 0 Å². The van der Waals surface area contributed by atoms with Gasteiger partial charge in [0.15, 0.2) is 0 Å². The molecule has 3 heteroatoms. The average Bonchev–Trinajstić information content (AvgIpc) is 2.40. The van der Waals surface area contributed by atoms with Crippen molar-refractivity contribution < 1.29 is 5.11 Å². The van der Waals surface area contributed by atoms with Crippen LogP contribution in [0, 0.1) is 0 Å². The Morgan fingerprint density at radius 1 is 1.21 bits per heavy atom. The highest BCUT2D eigenvalue weighted by Crippen LogP contribution is 2.45. The number of fused-ring (bicyclic) bond motifs is 2. The van der Waals surface area contributed by atoms with Crippen molar-refractivity contribution >= 4 is 11.6 Å². The predicted octanol–water partition coefficient (Wildman–Crippen LogP) is 3.46. The third kappa shape index (κ3) is 1.60. The number of rotatable bonds is 0. The number of aromatic hydroxyl groups is 1. The Hall–Kier alpha value is -1.51. The molecule has 0 saturated carbocycles. The zero-order valence-corrected chi connectivity index (χ0v) is 11.2. The molecule has 1 atom stereocenters. The summed E-state index contributed by atoms with van der Waals surface area (Å²) < 4.78 is 0. The molecule has 4 rings (SSSR count). The van der Waals surface area contributed by atoms with Gasteiger partial charge in [-0.15, -0.1) is 0 Å². The van der Waals surface area contributed by atoms with Crippen molar-refractivity contribution in [2.45, 2.75) is 18.9 Å². The first-order valence-electron chi connectivity index (χ1n) is 6.61. The molecule has 1 aliphatic heterocycles. The summed E-state index contributed by atoms with van der Waals surface area (Å²) in [5.41, 5.74) is 6.10.